The Bertz CT molecular complexity index is 410. The van der Waals surface area contributed by atoms with Crippen LogP contribution in [-0.4, -0.2) is 84.0 Å². The topological polar surface area (TPSA) is 64.1 Å². The van der Waals surface area contributed by atoms with Gasteiger partial charge in [-0.05, 0) is 19.9 Å². The summed E-state index contributed by atoms with van der Waals surface area (Å²) in [6, 6.07) is 0. The van der Waals surface area contributed by atoms with Crippen LogP contribution in [-0.2, 0) is 9.59 Å². The number of hydrogen-bond donors (Lipinski definition) is 1. The minimum absolute atomic E-state index is 0.0490. The quantitative estimate of drug-likeness (QED) is 0.727. The standard InChI is InChI=1S/C16H27N3O3/c1-17-6-8-18(9-7-17)10-12(20)11-19-15(21)13-4-2-3-5-14(13)16(19)22/h12-14,20H,2-11H2,1H3/t12?,13-,14+. The molecule has 6 nitrogen and oxygen atoms in total. The Kier molecular flexibility index (Phi) is 4.80. The van der Waals surface area contributed by atoms with Crippen molar-refractivity contribution in [2.75, 3.05) is 46.3 Å². The Morgan fingerprint density at radius 1 is 1.00 bits per heavy atom. The third kappa shape index (κ3) is 3.19. The van der Waals surface area contributed by atoms with Gasteiger partial charge in [-0.15, -0.1) is 0 Å². The SMILES string of the molecule is CN1CCN(CC(O)CN2C(=O)[C@H]3CCCC[C@H]3C2=O)CC1. The minimum Gasteiger partial charge on any atom is -0.390 e. The first-order chi connectivity index (χ1) is 10.6. The third-order valence-corrected chi connectivity index (χ3v) is 5.39. The second-order valence-electron chi connectivity index (χ2n) is 7.04. The zero-order valence-corrected chi connectivity index (χ0v) is 13.4. The number of hydrogen-bond acceptors (Lipinski definition) is 5. The molecule has 0 radical (unpaired) electrons. The average molecular weight is 309 g/mol. The first kappa shape index (κ1) is 15.9. The first-order valence-corrected chi connectivity index (χ1v) is 8.50. The summed E-state index contributed by atoms with van der Waals surface area (Å²) in [6.07, 6.45) is 3.10. The molecule has 2 aliphatic heterocycles. The van der Waals surface area contributed by atoms with E-state index in [-0.39, 0.29) is 30.2 Å². The van der Waals surface area contributed by atoms with Crippen LogP contribution < -0.4 is 0 Å². The van der Waals surface area contributed by atoms with Crippen molar-refractivity contribution in [3.05, 3.63) is 0 Å². The van der Waals surface area contributed by atoms with Crippen LogP contribution in [0.2, 0.25) is 0 Å². The number of piperazine rings is 1. The smallest absolute Gasteiger partial charge is 0.233 e. The summed E-state index contributed by atoms with van der Waals surface area (Å²) in [4.78, 5) is 30.6. The van der Waals surface area contributed by atoms with Gasteiger partial charge in [0, 0.05) is 32.7 Å². The summed E-state index contributed by atoms with van der Waals surface area (Å²) in [7, 11) is 2.09. The molecule has 3 rings (SSSR count). The summed E-state index contributed by atoms with van der Waals surface area (Å²) in [5.41, 5.74) is 0. The second kappa shape index (κ2) is 6.64. The lowest BCUT2D eigenvalue weighted by atomic mass is 9.81. The monoisotopic (exact) mass is 309 g/mol. The molecule has 1 unspecified atom stereocenters. The fourth-order valence-corrected chi connectivity index (χ4v) is 4.01. The molecule has 2 heterocycles. The van der Waals surface area contributed by atoms with Crippen LogP contribution in [0.1, 0.15) is 25.7 Å². The number of aliphatic hydroxyl groups is 1. The van der Waals surface area contributed by atoms with E-state index in [1.807, 2.05) is 0 Å². The molecule has 0 aromatic carbocycles. The van der Waals surface area contributed by atoms with E-state index in [1.54, 1.807) is 0 Å². The second-order valence-corrected chi connectivity index (χ2v) is 7.04. The lowest BCUT2D eigenvalue weighted by molar-refractivity contribution is -0.141. The normalized spacial score (nSPS) is 32.4. The Balaban J connectivity index is 1.53. The predicted molar refractivity (Wildman–Crippen MR) is 82.1 cm³/mol. The van der Waals surface area contributed by atoms with E-state index in [4.69, 9.17) is 0 Å². The van der Waals surface area contributed by atoms with Crippen molar-refractivity contribution >= 4 is 11.8 Å². The van der Waals surface area contributed by atoms with Crippen LogP contribution in [0.4, 0.5) is 0 Å². The molecule has 0 aromatic heterocycles. The van der Waals surface area contributed by atoms with E-state index in [0.717, 1.165) is 51.9 Å². The largest absolute Gasteiger partial charge is 0.390 e. The van der Waals surface area contributed by atoms with Gasteiger partial charge in [-0.1, -0.05) is 12.8 Å². The highest BCUT2D eigenvalue weighted by atomic mass is 16.3. The van der Waals surface area contributed by atoms with Gasteiger partial charge in [-0.25, -0.2) is 0 Å². The highest BCUT2D eigenvalue weighted by molar-refractivity contribution is 6.05. The number of likely N-dealkylation sites (N-methyl/N-ethyl adjacent to an activating group) is 1. The van der Waals surface area contributed by atoms with Crippen molar-refractivity contribution in [3.8, 4) is 0 Å². The van der Waals surface area contributed by atoms with Crippen LogP contribution in [0.15, 0.2) is 0 Å². The van der Waals surface area contributed by atoms with Crippen molar-refractivity contribution in [2.24, 2.45) is 11.8 Å². The molecule has 1 N–H and O–H groups in total. The molecule has 2 saturated heterocycles. The van der Waals surface area contributed by atoms with Gasteiger partial charge in [0.15, 0.2) is 0 Å². The molecule has 2 amide bonds. The number of nitrogens with zero attached hydrogens (tertiary/aromatic N) is 3. The number of rotatable bonds is 4. The van der Waals surface area contributed by atoms with Crippen molar-refractivity contribution in [3.63, 3.8) is 0 Å². The van der Waals surface area contributed by atoms with E-state index in [1.165, 1.54) is 4.90 Å². The molecular formula is C16H27N3O3. The maximum atomic E-state index is 12.4. The van der Waals surface area contributed by atoms with E-state index >= 15 is 0 Å². The molecule has 22 heavy (non-hydrogen) atoms. The van der Waals surface area contributed by atoms with Crippen molar-refractivity contribution < 1.29 is 14.7 Å². The third-order valence-electron chi connectivity index (χ3n) is 5.39. The van der Waals surface area contributed by atoms with E-state index in [9.17, 15) is 14.7 Å². The molecular weight excluding hydrogens is 282 g/mol. The van der Waals surface area contributed by atoms with Gasteiger partial charge >= 0.3 is 0 Å². The Morgan fingerprint density at radius 2 is 1.55 bits per heavy atom. The summed E-state index contributed by atoms with van der Waals surface area (Å²) < 4.78 is 0. The lowest BCUT2D eigenvalue weighted by Gasteiger charge is -2.34. The predicted octanol–water partition coefficient (Wildman–Crippen LogP) is -0.230. The molecule has 3 aliphatic rings. The zero-order valence-electron chi connectivity index (χ0n) is 13.4. The van der Waals surface area contributed by atoms with Gasteiger partial charge in [-0.2, -0.15) is 0 Å². The number of imide groups is 1. The van der Waals surface area contributed by atoms with Gasteiger partial charge in [0.2, 0.25) is 11.8 Å². The number of likely N-dealkylation sites (tertiary alicyclic amines) is 1. The number of aliphatic hydroxyl groups excluding tert-OH is 1. The highest BCUT2D eigenvalue weighted by Gasteiger charge is 2.48. The van der Waals surface area contributed by atoms with Gasteiger partial charge in [-0.3, -0.25) is 19.4 Å². The van der Waals surface area contributed by atoms with Crippen molar-refractivity contribution in [1.29, 1.82) is 0 Å². The fourth-order valence-electron chi connectivity index (χ4n) is 4.01. The van der Waals surface area contributed by atoms with Crippen molar-refractivity contribution in [2.45, 2.75) is 31.8 Å². The maximum Gasteiger partial charge on any atom is 0.233 e. The summed E-state index contributed by atoms with van der Waals surface area (Å²) in [5, 5.41) is 10.3. The maximum absolute atomic E-state index is 12.4. The van der Waals surface area contributed by atoms with Crippen LogP contribution >= 0.6 is 0 Å². The number of β-amino-alcohol motifs (C(OH)–C–C–N with tert-alkyl or cyclic N) is 1. The summed E-state index contributed by atoms with van der Waals surface area (Å²) in [5.74, 6) is -0.326. The van der Waals surface area contributed by atoms with Gasteiger partial charge < -0.3 is 10.0 Å². The molecule has 6 heteroatoms. The van der Waals surface area contributed by atoms with E-state index in [2.05, 4.69) is 16.8 Å². The van der Waals surface area contributed by atoms with Crippen LogP contribution in [0.5, 0.6) is 0 Å². The Labute approximate surface area is 132 Å². The molecule has 1 aliphatic carbocycles. The summed E-state index contributed by atoms with van der Waals surface area (Å²) in [6.45, 7) is 4.57. The molecule has 124 valence electrons. The molecule has 0 aromatic rings. The number of carbonyl (C=O) groups excluding carboxylic acids is 2. The fraction of sp³-hybridized carbons (Fsp3) is 0.875. The summed E-state index contributed by atoms with van der Waals surface area (Å²) >= 11 is 0. The minimum atomic E-state index is -0.642. The molecule has 3 fully saturated rings. The molecule has 1 saturated carbocycles. The number of fused-ring (bicyclic) bond motifs is 1. The zero-order chi connectivity index (χ0) is 15.7. The highest BCUT2D eigenvalue weighted by Crippen LogP contribution is 2.37. The van der Waals surface area contributed by atoms with E-state index in [0.29, 0.717) is 6.54 Å². The molecule has 0 spiro atoms. The lowest BCUT2D eigenvalue weighted by Crippen LogP contribution is -2.49. The van der Waals surface area contributed by atoms with Crippen molar-refractivity contribution in [1.82, 2.24) is 14.7 Å². The number of amides is 2. The van der Waals surface area contributed by atoms with Gasteiger partial charge in [0.1, 0.15) is 0 Å². The van der Waals surface area contributed by atoms with Crippen LogP contribution in [0.25, 0.3) is 0 Å². The van der Waals surface area contributed by atoms with Gasteiger partial charge in [0.05, 0.1) is 24.5 Å². The average Bonchev–Trinajstić information content (AvgIpc) is 2.75. The Morgan fingerprint density at radius 3 is 2.09 bits per heavy atom. The van der Waals surface area contributed by atoms with E-state index < -0.39 is 6.10 Å². The van der Waals surface area contributed by atoms with Crippen LogP contribution in [0.3, 0.4) is 0 Å². The molecule has 3 atom stereocenters. The van der Waals surface area contributed by atoms with Gasteiger partial charge in [0.25, 0.3) is 0 Å². The number of carbonyl (C=O) groups is 2. The molecule has 0 bridgehead atoms. The Hall–Kier alpha value is -0.980. The first-order valence-electron chi connectivity index (χ1n) is 8.50. The van der Waals surface area contributed by atoms with Crippen LogP contribution in [0, 0.1) is 11.8 Å².